The van der Waals surface area contributed by atoms with Crippen molar-refractivity contribution in [2.75, 3.05) is 19.4 Å². The highest BCUT2D eigenvalue weighted by molar-refractivity contribution is 9.10. The van der Waals surface area contributed by atoms with E-state index in [2.05, 4.69) is 26.6 Å². The molecule has 0 spiro atoms. The smallest absolute Gasteiger partial charge is 0.323 e. The molecule has 0 bridgehead atoms. The molecular weight excluding hydrogens is 418 g/mol. The summed E-state index contributed by atoms with van der Waals surface area (Å²) in [5, 5.41) is 5.70. The molecule has 0 radical (unpaired) electrons. The molecule has 1 heterocycles. The second kappa shape index (κ2) is 7.59. The van der Waals surface area contributed by atoms with Crippen molar-refractivity contribution in [3.05, 3.63) is 50.3 Å². The van der Waals surface area contributed by atoms with Crippen molar-refractivity contribution in [2.45, 2.75) is 19.3 Å². The molecule has 0 unspecified atom stereocenters. The Morgan fingerprint density at radius 3 is 2.62 bits per heavy atom. The number of rotatable bonds is 3. The van der Waals surface area contributed by atoms with Crippen molar-refractivity contribution in [2.24, 2.45) is 0 Å². The first-order chi connectivity index (χ1) is 12.4. The molecule has 0 atom stereocenters. The van der Waals surface area contributed by atoms with E-state index in [1.54, 1.807) is 32.3 Å². The summed E-state index contributed by atoms with van der Waals surface area (Å²) in [4.78, 5) is 39.5. The van der Waals surface area contributed by atoms with Crippen LogP contribution in [0.15, 0.2) is 28.7 Å². The summed E-state index contributed by atoms with van der Waals surface area (Å²) in [7, 11) is 3.13. The molecule has 1 aliphatic carbocycles. The van der Waals surface area contributed by atoms with Crippen LogP contribution in [-0.2, 0) is 12.8 Å². The van der Waals surface area contributed by atoms with E-state index < -0.39 is 11.9 Å². The SMILES string of the molecule is CN(C)C(=O)NC(=O)c1c(NC(=O)c2cccc(Br)c2)sc2c1CCC2. The van der Waals surface area contributed by atoms with Gasteiger partial charge in [0.25, 0.3) is 11.8 Å². The second-order valence-electron chi connectivity index (χ2n) is 6.18. The van der Waals surface area contributed by atoms with E-state index in [1.165, 1.54) is 16.2 Å². The number of hydrogen-bond donors (Lipinski definition) is 2. The fourth-order valence-corrected chi connectivity index (χ4v) is 4.49. The Kier molecular flexibility index (Phi) is 5.43. The first kappa shape index (κ1) is 18.6. The summed E-state index contributed by atoms with van der Waals surface area (Å²) in [5.41, 5.74) is 1.83. The number of amides is 4. The van der Waals surface area contributed by atoms with Crippen LogP contribution in [0.1, 0.15) is 37.6 Å². The van der Waals surface area contributed by atoms with E-state index in [1.807, 2.05) is 6.07 Å². The van der Waals surface area contributed by atoms with Crippen molar-refractivity contribution in [1.82, 2.24) is 10.2 Å². The monoisotopic (exact) mass is 435 g/mol. The zero-order valence-corrected chi connectivity index (χ0v) is 16.8. The number of nitrogens with zero attached hydrogens (tertiary/aromatic N) is 1. The highest BCUT2D eigenvalue weighted by atomic mass is 79.9. The number of fused-ring (bicyclic) bond motifs is 1. The molecule has 136 valence electrons. The Morgan fingerprint density at radius 2 is 1.92 bits per heavy atom. The number of carbonyl (C=O) groups is 3. The maximum Gasteiger partial charge on any atom is 0.323 e. The third-order valence-corrected chi connectivity index (χ3v) is 5.79. The van der Waals surface area contributed by atoms with Gasteiger partial charge in [-0.25, -0.2) is 4.79 Å². The van der Waals surface area contributed by atoms with Gasteiger partial charge in [0, 0.05) is 29.0 Å². The molecule has 6 nitrogen and oxygen atoms in total. The van der Waals surface area contributed by atoms with Crippen LogP contribution < -0.4 is 10.6 Å². The van der Waals surface area contributed by atoms with Gasteiger partial charge >= 0.3 is 6.03 Å². The normalized spacial score (nSPS) is 12.4. The lowest BCUT2D eigenvalue weighted by Gasteiger charge is -2.12. The van der Waals surface area contributed by atoms with Crippen LogP contribution in [0.4, 0.5) is 9.80 Å². The van der Waals surface area contributed by atoms with E-state index >= 15 is 0 Å². The predicted octanol–water partition coefficient (Wildman–Crippen LogP) is 3.66. The summed E-state index contributed by atoms with van der Waals surface area (Å²) >= 11 is 4.76. The quantitative estimate of drug-likeness (QED) is 0.771. The lowest BCUT2D eigenvalue weighted by atomic mass is 10.1. The molecule has 1 aromatic heterocycles. The largest absolute Gasteiger partial charge is 0.331 e. The van der Waals surface area contributed by atoms with Gasteiger partial charge in [-0.05, 0) is 43.0 Å². The fourth-order valence-electron chi connectivity index (χ4n) is 2.81. The van der Waals surface area contributed by atoms with Gasteiger partial charge in [-0.2, -0.15) is 0 Å². The fraction of sp³-hybridized carbons (Fsp3) is 0.278. The van der Waals surface area contributed by atoms with Gasteiger partial charge < -0.3 is 10.2 Å². The maximum atomic E-state index is 12.7. The highest BCUT2D eigenvalue weighted by Gasteiger charge is 2.28. The van der Waals surface area contributed by atoms with E-state index in [0.29, 0.717) is 16.1 Å². The van der Waals surface area contributed by atoms with Gasteiger partial charge in [-0.15, -0.1) is 11.3 Å². The van der Waals surface area contributed by atoms with Crippen LogP contribution in [0, 0.1) is 0 Å². The standard InChI is InChI=1S/C18H18BrN3O3S/c1-22(2)18(25)21-16(24)14-12-7-4-8-13(12)26-17(14)20-15(23)10-5-3-6-11(19)9-10/h3,5-6,9H,4,7-8H2,1-2H3,(H,20,23)(H,21,24,25). The topological polar surface area (TPSA) is 78.5 Å². The van der Waals surface area contributed by atoms with Gasteiger partial charge in [0.1, 0.15) is 5.00 Å². The molecule has 0 saturated heterocycles. The molecule has 8 heteroatoms. The number of halogens is 1. The molecule has 2 aromatic rings. The molecule has 4 amide bonds. The number of nitrogens with one attached hydrogen (secondary N) is 2. The molecule has 0 aliphatic heterocycles. The number of thiophene rings is 1. The van der Waals surface area contributed by atoms with Gasteiger partial charge in [0.15, 0.2) is 0 Å². The number of hydrogen-bond acceptors (Lipinski definition) is 4. The molecule has 2 N–H and O–H groups in total. The highest BCUT2D eigenvalue weighted by Crippen LogP contribution is 2.39. The van der Waals surface area contributed by atoms with Crippen molar-refractivity contribution < 1.29 is 14.4 Å². The summed E-state index contributed by atoms with van der Waals surface area (Å²) in [6, 6.07) is 6.54. The first-order valence-electron chi connectivity index (χ1n) is 8.11. The van der Waals surface area contributed by atoms with Crippen molar-refractivity contribution in [1.29, 1.82) is 0 Å². The van der Waals surface area contributed by atoms with Crippen LogP contribution in [0.2, 0.25) is 0 Å². The Hall–Kier alpha value is -2.19. The summed E-state index contributed by atoms with van der Waals surface area (Å²) < 4.78 is 0.799. The lowest BCUT2D eigenvalue weighted by Crippen LogP contribution is -2.39. The van der Waals surface area contributed by atoms with Crippen LogP contribution >= 0.6 is 27.3 Å². The van der Waals surface area contributed by atoms with Crippen LogP contribution in [0.5, 0.6) is 0 Å². The third-order valence-electron chi connectivity index (χ3n) is 4.09. The lowest BCUT2D eigenvalue weighted by molar-refractivity contribution is 0.0957. The summed E-state index contributed by atoms with van der Waals surface area (Å²) in [6.07, 6.45) is 2.63. The number of anilines is 1. The number of urea groups is 1. The average molecular weight is 436 g/mol. The average Bonchev–Trinajstić information content (AvgIpc) is 3.14. The molecule has 1 aromatic carbocycles. The van der Waals surface area contributed by atoms with Crippen molar-refractivity contribution in [3.63, 3.8) is 0 Å². The van der Waals surface area contributed by atoms with Gasteiger partial charge in [-0.3, -0.25) is 14.9 Å². The summed E-state index contributed by atoms with van der Waals surface area (Å²) in [5.74, 6) is -0.771. The predicted molar refractivity (Wildman–Crippen MR) is 105 cm³/mol. The molecular formula is C18H18BrN3O3S. The number of benzene rings is 1. The zero-order chi connectivity index (χ0) is 18.8. The molecule has 1 aliphatic rings. The van der Waals surface area contributed by atoms with Crippen LogP contribution in [0.25, 0.3) is 0 Å². The third kappa shape index (κ3) is 3.81. The van der Waals surface area contributed by atoms with Gasteiger partial charge in [-0.1, -0.05) is 22.0 Å². The molecule has 0 fully saturated rings. The van der Waals surface area contributed by atoms with E-state index in [0.717, 1.165) is 34.2 Å². The zero-order valence-electron chi connectivity index (χ0n) is 14.4. The van der Waals surface area contributed by atoms with E-state index in [4.69, 9.17) is 0 Å². The van der Waals surface area contributed by atoms with Crippen LogP contribution in [-0.4, -0.2) is 36.8 Å². The van der Waals surface area contributed by atoms with Crippen molar-refractivity contribution >= 4 is 50.1 Å². The molecule has 0 saturated carbocycles. The Balaban J connectivity index is 1.89. The van der Waals surface area contributed by atoms with Crippen LogP contribution in [0.3, 0.4) is 0 Å². The van der Waals surface area contributed by atoms with Gasteiger partial charge in [0.2, 0.25) is 0 Å². The summed E-state index contributed by atoms with van der Waals surface area (Å²) in [6.45, 7) is 0. The minimum atomic E-state index is -0.489. The maximum absolute atomic E-state index is 12.7. The molecule has 3 rings (SSSR count). The molecule has 26 heavy (non-hydrogen) atoms. The van der Waals surface area contributed by atoms with Gasteiger partial charge in [0.05, 0.1) is 5.56 Å². The Bertz CT molecular complexity index is 892. The first-order valence-corrected chi connectivity index (χ1v) is 9.72. The van der Waals surface area contributed by atoms with E-state index in [9.17, 15) is 14.4 Å². The number of aryl methyl sites for hydroxylation is 1. The minimum absolute atomic E-state index is 0.292. The van der Waals surface area contributed by atoms with Crippen molar-refractivity contribution in [3.8, 4) is 0 Å². The minimum Gasteiger partial charge on any atom is -0.331 e. The van der Waals surface area contributed by atoms with E-state index in [-0.39, 0.29) is 5.91 Å². The Morgan fingerprint density at radius 1 is 1.15 bits per heavy atom. The second-order valence-corrected chi connectivity index (χ2v) is 8.20. The number of carbonyl (C=O) groups excluding carboxylic acids is 3. The Labute approximate surface area is 163 Å². The number of imide groups is 1.